The number of benzene rings is 1. The van der Waals surface area contributed by atoms with Crippen LogP contribution in [0.1, 0.15) is 35.7 Å². The third-order valence-electron chi connectivity index (χ3n) is 4.74. The number of esters is 1. The van der Waals surface area contributed by atoms with Gasteiger partial charge in [0.05, 0.1) is 12.5 Å². The molecule has 148 valence electrons. The number of amides is 1. The van der Waals surface area contributed by atoms with Crippen molar-refractivity contribution in [1.82, 2.24) is 15.5 Å². The molecular formula is C20H30N4O3. The highest BCUT2D eigenvalue weighted by molar-refractivity contribution is 5.94. The molecule has 1 aromatic carbocycles. The van der Waals surface area contributed by atoms with Gasteiger partial charge in [-0.25, -0.2) is 0 Å². The molecule has 0 aliphatic carbocycles. The average molecular weight is 374 g/mol. The predicted molar refractivity (Wildman–Crippen MR) is 106 cm³/mol. The van der Waals surface area contributed by atoms with Crippen molar-refractivity contribution in [2.24, 2.45) is 10.9 Å². The minimum atomic E-state index is -0.0869. The Balaban J connectivity index is 1.81. The number of carbonyl (C=O) groups is 2. The monoisotopic (exact) mass is 374 g/mol. The number of aliphatic imine (C=N–C) groups is 1. The minimum Gasteiger partial charge on any atom is -0.466 e. The number of piperidine rings is 1. The van der Waals surface area contributed by atoms with Crippen molar-refractivity contribution in [3.63, 3.8) is 0 Å². The van der Waals surface area contributed by atoms with Crippen LogP contribution in [0.3, 0.4) is 0 Å². The topological polar surface area (TPSA) is 83.0 Å². The van der Waals surface area contributed by atoms with Crippen molar-refractivity contribution >= 4 is 17.8 Å². The van der Waals surface area contributed by atoms with E-state index >= 15 is 0 Å². The van der Waals surface area contributed by atoms with Crippen LogP contribution in [0.2, 0.25) is 0 Å². The number of hydrogen-bond acceptors (Lipinski definition) is 4. The van der Waals surface area contributed by atoms with Gasteiger partial charge < -0.3 is 20.3 Å². The number of guanidine groups is 1. The molecule has 0 radical (unpaired) electrons. The van der Waals surface area contributed by atoms with Gasteiger partial charge >= 0.3 is 5.97 Å². The summed E-state index contributed by atoms with van der Waals surface area (Å²) in [5.41, 5.74) is 1.76. The van der Waals surface area contributed by atoms with Crippen molar-refractivity contribution in [3.05, 3.63) is 35.4 Å². The number of nitrogens with zero attached hydrogens (tertiary/aromatic N) is 2. The molecule has 27 heavy (non-hydrogen) atoms. The summed E-state index contributed by atoms with van der Waals surface area (Å²) in [5.74, 6) is 0.674. The Morgan fingerprint density at radius 1 is 1.30 bits per heavy atom. The molecule has 7 nitrogen and oxygen atoms in total. The molecule has 0 bridgehead atoms. The first-order chi connectivity index (χ1) is 13.1. The molecule has 0 atom stereocenters. The van der Waals surface area contributed by atoms with Gasteiger partial charge in [-0.3, -0.25) is 14.6 Å². The van der Waals surface area contributed by atoms with E-state index in [2.05, 4.69) is 20.5 Å². The van der Waals surface area contributed by atoms with Crippen LogP contribution in [0, 0.1) is 5.92 Å². The first-order valence-electron chi connectivity index (χ1n) is 9.52. The Hall–Kier alpha value is -2.57. The van der Waals surface area contributed by atoms with E-state index in [9.17, 15) is 9.59 Å². The van der Waals surface area contributed by atoms with E-state index in [1.165, 1.54) is 0 Å². The maximum Gasteiger partial charge on any atom is 0.309 e. The summed E-state index contributed by atoms with van der Waals surface area (Å²) in [7, 11) is 3.40. The Morgan fingerprint density at radius 3 is 2.67 bits per heavy atom. The summed E-state index contributed by atoms with van der Waals surface area (Å²) in [6.45, 7) is 4.57. The molecule has 0 aromatic heterocycles. The molecule has 1 saturated heterocycles. The standard InChI is InChI=1S/C20H30N4O3/c1-4-27-19(26)16-9-12-24(13-10-16)20(22-3)23-11-8-15-6-5-7-17(14-15)18(25)21-2/h5-7,14,16H,4,8-13H2,1-3H3,(H,21,25)(H,22,23). The first kappa shape index (κ1) is 20.7. The van der Waals surface area contributed by atoms with Gasteiger partial charge in [0.2, 0.25) is 0 Å². The minimum absolute atomic E-state index is 0.00763. The van der Waals surface area contributed by atoms with Gasteiger partial charge in [-0.15, -0.1) is 0 Å². The number of carbonyl (C=O) groups excluding carboxylic acids is 2. The molecule has 2 N–H and O–H groups in total. The molecule has 7 heteroatoms. The second kappa shape index (κ2) is 10.5. The van der Waals surface area contributed by atoms with Crippen LogP contribution < -0.4 is 10.6 Å². The van der Waals surface area contributed by atoms with Gasteiger partial charge in [0, 0.05) is 39.3 Å². The van der Waals surface area contributed by atoms with Gasteiger partial charge in [-0.05, 0) is 43.9 Å². The summed E-state index contributed by atoms with van der Waals surface area (Å²) in [5, 5.41) is 6.02. The maximum atomic E-state index is 11.9. The SMILES string of the molecule is CCOC(=O)C1CCN(C(=NC)NCCc2cccc(C(=O)NC)c2)CC1. The molecule has 1 aliphatic heterocycles. The Kier molecular flexibility index (Phi) is 8.10. The van der Waals surface area contributed by atoms with Crippen LogP contribution in [0.25, 0.3) is 0 Å². The third kappa shape index (κ3) is 5.98. The number of likely N-dealkylation sites (tertiary alicyclic amines) is 1. The number of nitrogens with one attached hydrogen (secondary N) is 2. The highest BCUT2D eigenvalue weighted by Crippen LogP contribution is 2.18. The Labute approximate surface area is 161 Å². The van der Waals surface area contributed by atoms with Crippen molar-refractivity contribution in [1.29, 1.82) is 0 Å². The highest BCUT2D eigenvalue weighted by atomic mass is 16.5. The van der Waals surface area contributed by atoms with E-state index < -0.39 is 0 Å². The van der Waals surface area contributed by atoms with Gasteiger partial charge in [-0.1, -0.05) is 12.1 Å². The molecular weight excluding hydrogens is 344 g/mol. The number of hydrogen-bond donors (Lipinski definition) is 2. The normalized spacial score (nSPS) is 15.4. The molecule has 1 amide bonds. The van der Waals surface area contributed by atoms with Crippen LogP contribution in [-0.2, 0) is 16.0 Å². The molecule has 2 rings (SSSR count). The lowest BCUT2D eigenvalue weighted by Crippen LogP contribution is -2.47. The fraction of sp³-hybridized carbons (Fsp3) is 0.550. The fourth-order valence-corrected chi connectivity index (χ4v) is 3.25. The molecule has 0 saturated carbocycles. The summed E-state index contributed by atoms with van der Waals surface area (Å²) < 4.78 is 5.12. The molecule has 1 heterocycles. The van der Waals surface area contributed by atoms with Crippen molar-refractivity contribution in [2.45, 2.75) is 26.2 Å². The third-order valence-corrected chi connectivity index (χ3v) is 4.74. The van der Waals surface area contributed by atoms with Gasteiger partial charge in [0.25, 0.3) is 5.91 Å². The summed E-state index contributed by atoms with van der Waals surface area (Å²) >= 11 is 0. The maximum absolute atomic E-state index is 11.9. The van der Waals surface area contributed by atoms with Crippen LogP contribution in [0.15, 0.2) is 29.3 Å². The van der Waals surface area contributed by atoms with Crippen LogP contribution in [-0.4, -0.2) is 63.1 Å². The predicted octanol–water partition coefficient (Wildman–Crippen LogP) is 1.44. The first-order valence-corrected chi connectivity index (χ1v) is 9.52. The van der Waals surface area contributed by atoms with Crippen LogP contribution >= 0.6 is 0 Å². The zero-order chi connectivity index (χ0) is 19.6. The average Bonchev–Trinajstić information content (AvgIpc) is 2.71. The van der Waals surface area contributed by atoms with E-state index in [1.54, 1.807) is 14.1 Å². The van der Waals surface area contributed by atoms with E-state index in [4.69, 9.17) is 4.74 Å². The van der Waals surface area contributed by atoms with E-state index in [0.717, 1.165) is 50.4 Å². The molecule has 0 unspecified atom stereocenters. The lowest BCUT2D eigenvalue weighted by Gasteiger charge is -2.33. The van der Waals surface area contributed by atoms with Crippen LogP contribution in [0.5, 0.6) is 0 Å². The Morgan fingerprint density at radius 2 is 2.04 bits per heavy atom. The van der Waals surface area contributed by atoms with Crippen LogP contribution in [0.4, 0.5) is 0 Å². The lowest BCUT2D eigenvalue weighted by molar-refractivity contribution is -0.149. The van der Waals surface area contributed by atoms with E-state index in [0.29, 0.717) is 12.2 Å². The Bertz CT molecular complexity index is 667. The zero-order valence-corrected chi connectivity index (χ0v) is 16.5. The van der Waals surface area contributed by atoms with Gasteiger partial charge in [0.1, 0.15) is 0 Å². The number of rotatable bonds is 6. The molecule has 1 aliphatic rings. The van der Waals surface area contributed by atoms with Gasteiger partial charge in [0.15, 0.2) is 5.96 Å². The summed E-state index contributed by atoms with van der Waals surface area (Å²) in [4.78, 5) is 30.1. The summed E-state index contributed by atoms with van der Waals surface area (Å²) in [6.07, 6.45) is 2.37. The lowest BCUT2D eigenvalue weighted by atomic mass is 9.97. The van der Waals surface area contributed by atoms with E-state index in [1.807, 2.05) is 31.2 Å². The second-order valence-corrected chi connectivity index (χ2v) is 6.52. The quantitative estimate of drug-likeness (QED) is 0.447. The van der Waals surface area contributed by atoms with Crippen molar-refractivity contribution < 1.29 is 14.3 Å². The highest BCUT2D eigenvalue weighted by Gasteiger charge is 2.27. The molecule has 1 aromatic rings. The fourth-order valence-electron chi connectivity index (χ4n) is 3.25. The van der Waals surface area contributed by atoms with Gasteiger partial charge in [-0.2, -0.15) is 0 Å². The van der Waals surface area contributed by atoms with Crippen molar-refractivity contribution in [3.8, 4) is 0 Å². The second-order valence-electron chi connectivity index (χ2n) is 6.52. The molecule has 0 spiro atoms. The summed E-state index contributed by atoms with van der Waals surface area (Å²) in [6, 6.07) is 7.63. The van der Waals surface area contributed by atoms with Crippen molar-refractivity contribution in [2.75, 3.05) is 40.3 Å². The largest absolute Gasteiger partial charge is 0.466 e. The zero-order valence-electron chi connectivity index (χ0n) is 16.5. The smallest absolute Gasteiger partial charge is 0.309 e. The van der Waals surface area contributed by atoms with E-state index in [-0.39, 0.29) is 17.8 Å². The molecule has 1 fully saturated rings. The number of ether oxygens (including phenoxy) is 1.